The lowest BCUT2D eigenvalue weighted by Crippen LogP contribution is -2.44. The third-order valence-corrected chi connectivity index (χ3v) is 5.30. The molecule has 2 aromatic heterocycles. The summed E-state index contributed by atoms with van der Waals surface area (Å²) in [6.45, 7) is 6.74. The van der Waals surface area contributed by atoms with Crippen LogP contribution in [0.4, 0.5) is 0 Å². The molecule has 1 saturated heterocycles. The first-order valence-corrected chi connectivity index (χ1v) is 9.12. The topological polar surface area (TPSA) is 74.2 Å². The first kappa shape index (κ1) is 16.8. The van der Waals surface area contributed by atoms with Gasteiger partial charge in [-0.1, -0.05) is 11.2 Å². The lowest BCUT2D eigenvalue weighted by molar-refractivity contribution is 0.0909. The smallest absolute Gasteiger partial charge is 0.251 e. The van der Waals surface area contributed by atoms with E-state index in [2.05, 4.69) is 20.4 Å². The van der Waals surface area contributed by atoms with E-state index in [1.54, 1.807) is 0 Å². The summed E-state index contributed by atoms with van der Waals surface area (Å²) in [5.41, 5.74) is 3.86. The number of likely N-dealkylation sites (tertiary alicyclic amines) is 1. The number of hydrogen-bond acceptors (Lipinski definition) is 4. The zero-order chi connectivity index (χ0) is 18.1. The SMILES string of the molecule is Cc1noc(C)c1CN1CCC(NC(=O)c2ccc3cc[nH]c3c2)CC1. The molecule has 4 rings (SSSR count). The summed E-state index contributed by atoms with van der Waals surface area (Å²) in [4.78, 5) is 18.1. The molecule has 2 N–H and O–H groups in total. The molecular formula is C20H24N4O2. The fourth-order valence-electron chi connectivity index (χ4n) is 3.64. The number of fused-ring (bicyclic) bond motifs is 1. The quantitative estimate of drug-likeness (QED) is 0.756. The second-order valence-corrected chi connectivity index (χ2v) is 7.11. The second-order valence-electron chi connectivity index (χ2n) is 7.11. The highest BCUT2D eigenvalue weighted by atomic mass is 16.5. The lowest BCUT2D eigenvalue weighted by Gasteiger charge is -2.32. The first-order valence-electron chi connectivity index (χ1n) is 9.12. The molecule has 0 radical (unpaired) electrons. The van der Waals surface area contributed by atoms with Crippen LogP contribution >= 0.6 is 0 Å². The Hall–Kier alpha value is -2.60. The number of rotatable bonds is 4. The van der Waals surface area contributed by atoms with Crippen molar-refractivity contribution >= 4 is 16.8 Å². The standard InChI is InChI=1S/C20H24N4O2/c1-13-18(14(2)26-23-13)12-24-9-6-17(7-10-24)22-20(25)16-4-3-15-5-8-21-19(15)11-16/h3-5,8,11,17,21H,6-7,9-10,12H2,1-2H3,(H,22,25). The number of amides is 1. The first-order chi connectivity index (χ1) is 12.6. The van der Waals surface area contributed by atoms with Crippen molar-refractivity contribution in [3.05, 3.63) is 53.0 Å². The lowest BCUT2D eigenvalue weighted by atomic mass is 10.0. The zero-order valence-electron chi connectivity index (χ0n) is 15.2. The maximum absolute atomic E-state index is 12.5. The van der Waals surface area contributed by atoms with E-state index in [-0.39, 0.29) is 11.9 Å². The van der Waals surface area contributed by atoms with E-state index in [9.17, 15) is 4.79 Å². The Morgan fingerprint density at radius 1 is 1.31 bits per heavy atom. The maximum Gasteiger partial charge on any atom is 0.251 e. The van der Waals surface area contributed by atoms with Crippen molar-refractivity contribution in [3.63, 3.8) is 0 Å². The van der Waals surface area contributed by atoms with Crippen LogP contribution in [-0.2, 0) is 6.54 Å². The van der Waals surface area contributed by atoms with Gasteiger partial charge in [-0.05, 0) is 50.3 Å². The highest BCUT2D eigenvalue weighted by Gasteiger charge is 2.23. The van der Waals surface area contributed by atoms with Crippen LogP contribution < -0.4 is 5.32 Å². The van der Waals surface area contributed by atoms with Crippen LogP contribution in [-0.4, -0.2) is 40.1 Å². The van der Waals surface area contributed by atoms with Crippen LogP contribution in [0.1, 0.15) is 40.2 Å². The number of nitrogens with zero attached hydrogens (tertiary/aromatic N) is 2. The molecule has 0 atom stereocenters. The van der Waals surface area contributed by atoms with Gasteiger partial charge in [0.1, 0.15) is 5.76 Å². The number of H-pyrrole nitrogens is 1. The number of aryl methyl sites for hydroxylation is 2. The molecule has 6 nitrogen and oxygen atoms in total. The Morgan fingerprint density at radius 3 is 2.85 bits per heavy atom. The molecule has 26 heavy (non-hydrogen) atoms. The van der Waals surface area contributed by atoms with Gasteiger partial charge in [0.2, 0.25) is 0 Å². The molecule has 0 bridgehead atoms. The molecule has 1 aromatic carbocycles. The molecule has 6 heteroatoms. The number of hydrogen-bond donors (Lipinski definition) is 2. The fourth-order valence-corrected chi connectivity index (χ4v) is 3.64. The molecular weight excluding hydrogens is 328 g/mol. The Bertz CT molecular complexity index is 899. The van der Waals surface area contributed by atoms with Crippen LogP contribution in [0.2, 0.25) is 0 Å². The minimum absolute atomic E-state index is 0.00525. The number of aromatic nitrogens is 2. The number of piperidine rings is 1. The van der Waals surface area contributed by atoms with E-state index in [1.807, 2.05) is 44.3 Å². The monoisotopic (exact) mass is 352 g/mol. The number of benzene rings is 1. The Morgan fingerprint density at radius 2 is 2.12 bits per heavy atom. The van der Waals surface area contributed by atoms with Crippen molar-refractivity contribution in [1.82, 2.24) is 20.4 Å². The predicted molar refractivity (Wildman–Crippen MR) is 100 cm³/mol. The van der Waals surface area contributed by atoms with Gasteiger partial charge in [0.15, 0.2) is 0 Å². The van der Waals surface area contributed by atoms with Gasteiger partial charge < -0.3 is 14.8 Å². The van der Waals surface area contributed by atoms with E-state index >= 15 is 0 Å². The Balaban J connectivity index is 1.32. The third-order valence-electron chi connectivity index (χ3n) is 5.30. The van der Waals surface area contributed by atoms with E-state index in [0.717, 1.165) is 54.8 Å². The molecule has 0 aliphatic carbocycles. The van der Waals surface area contributed by atoms with Crippen molar-refractivity contribution in [1.29, 1.82) is 0 Å². The van der Waals surface area contributed by atoms with Crippen molar-refractivity contribution in [2.24, 2.45) is 0 Å². The largest absolute Gasteiger partial charge is 0.361 e. The minimum Gasteiger partial charge on any atom is -0.361 e. The highest BCUT2D eigenvalue weighted by molar-refractivity contribution is 5.98. The molecule has 1 amide bonds. The van der Waals surface area contributed by atoms with Crippen LogP contribution in [0.15, 0.2) is 35.0 Å². The molecule has 0 spiro atoms. The van der Waals surface area contributed by atoms with Crippen molar-refractivity contribution in [2.45, 2.75) is 39.3 Å². The Kier molecular flexibility index (Phi) is 4.51. The van der Waals surface area contributed by atoms with E-state index < -0.39 is 0 Å². The number of carbonyl (C=O) groups is 1. The maximum atomic E-state index is 12.5. The molecule has 1 aliphatic heterocycles. The molecule has 1 fully saturated rings. The summed E-state index contributed by atoms with van der Waals surface area (Å²) in [6.07, 6.45) is 3.81. The molecule has 0 unspecified atom stereocenters. The summed E-state index contributed by atoms with van der Waals surface area (Å²) < 4.78 is 5.25. The number of carbonyl (C=O) groups excluding carboxylic acids is 1. The fraction of sp³-hybridized carbons (Fsp3) is 0.400. The third kappa shape index (κ3) is 3.37. The van der Waals surface area contributed by atoms with Gasteiger partial charge in [0.25, 0.3) is 5.91 Å². The minimum atomic E-state index is 0.00525. The summed E-state index contributed by atoms with van der Waals surface area (Å²) in [5, 5.41) is 8.33. The van der Waals surface area contributed by atoms with Crippen molar-refractivity contribution < 1.29 is 9.32 Å². The molecule has 136 valence electrons. The molecule has 0 saturated carbocycles. The van der Waals surface area contributed by atoms with E-state index in [1.165, 1.54) is 5.56 Å². The van der Waals surface area contributed by atoms with Gasteiger partial charge in [0, 0.05) is 48.5 Å². The molecule has 3 heterocycles. The predicted octanol–water partition coefficient (Wildman–Crippen LogP) is 3.17. The van der Waals surface area contributed by atoms with Gasteiger partial charge in [-0.2, -0.15) is 0 Å². The van der Waals surface area contributed by atoms with Crippen molar-refractivity contribution in [2.75, 3.05) is 13.1 Å². The van der Waals surface area contributed by atoms with Gasteiger partial charge in [-0.15, -0.1) is 0 Å². The van der Waals surface area contributed by atoms with Gasteiger partial charge in [0.05, 0.1) is 5.69 Å². The highest BCUT2D eigenvalue weighted by Crippen LogP contribution is 2.19. The normalized spacial score (nSPS) is 16.2. The zero-order valence-corrected chi connectivity index (χ0v) is 15.2. The van der Waals surface area contributed by atoms with Gasteiger partial charge >= 0.3 is 0 Å². The molecule has 1 aliphatic rings. The summed E-state index contributed by atoms with van der Waals surface area (Å²) >= 11 is 0. The van der Waals surface area contributed by atoms with Gasteiger partial charge in [-0.3, -0.25) is 9.69 Å². The van der Waals surface area contributed by atoms with E-state index in [0.29, 0.717) is 5.56 Å². The average molecular weight is 352 g/mol. The Labute approximate surface area is 152 Å². The van der Waals surface area contributed by atoms with Crippen LogP contribution in [0.5, 0.6) is 0 Å². The van der Waals surface area contributed by atoms with E-state index in [4.69, 9.17) is 4.52 Å². The summed E-state index contributed by atoms with van der Waals surface area (Å²) in [6, 6.07) is 8.01. The number of aromatic amines is 1. The van der Waals surface area contributed by atoms with Crippen molar-refractivity contribution in [3.8, 4) is 0 Å². The average Bonchev–Trinajstić information content (AvgIpc) is 3.24. The van der Waals surface area contributed by atoms with Crippen LogP contribution in [0.25, 0.3) is 10.9 Å². The van der Waals surface area contributed by atoms with Crippen LogP contribution in [0.3, 0.4) is 0 Å². The van der Waals surface area contributed by atoms with Crippen LogP contribution in [0, 0.1) is 13.8 Å². The summed E-state index contributed by atoms with van der Waals surface area (Å²) in [7, 11) is 0. The number of nitrogens with one attached hydrogen (secondary N) is 2. The summed E-state index contributed by atoms with van der Waals surface area (Å²) in [5.74, 6) is 0.906. The molecule has 3 aromatic rings. The second kappa shape index (κ2) is 6.96. The van der Waals surface area contributed by atoms with Gasteiger partial charge in [-0.25, -0.2) is 0 Å².